The van der Waals surface area contributed by atoms with Gasteiger partial charge in [-0.05, 0) is 32.4 Å². The number of carbonyl (C=O) groups is 2. The standard InChI is InChI=1S/C17H23NO6S/c1-17(2)18(13(11-24-17)9-10-16(20)23-3)15(19)12-25(21,22)14-7-5-4-6-8-14/h4-8,13H,9-12H2,1-3H3/t13-/m0/s1. The predicted molar refractivity (Wildman–Crippen MR) is 90.4 cm³/mol. The maximum atomic E-state index is 12.7. The number of ether oxygens (including phenoxy) is 2. The zero-order valence-corrected chi connectivity index (χ0v) is 15.4. The maximum absolute atomic E-state index is 12.7. The maximum Gasteiger partial charge on any atom is 0.305 e. The highest BCUT2D eigenvalue weighted by atomic mass is 32.2. The molecule has 0 N–H and O–H groups in total. The lowest BCUT2D eigenvalue weighted by Gasteiger charge is -2.33. The average Bonchev–Trinajstić information content (AvgIpc) is 2.87. The molecule has 1 fully saturated rings. The van der Waals surface area contributed by atoms with Crippen molar-refractivity contribution in [2.75, 3.05) is 19.5 Å². The summed E-state index contributed by atoms with van der Waals surface area (Å²) in [4.78, 5) is 25.6. The molecule has 25 heavy (non-hydrogen) atoms. The molecule has 1 aromatic carbocycles. The number of carbonyl (C=O) groups excluding carboxylic acids is 2. The smallest absolute Gasteiger partial charge is 0.305 e. The van der Waals surface area contributed by atoms with Gasteiger partial charge in [-0.15, -0.1) is 0 Å². The molecule has 1 aliphatic heterocycles. The Morgan fingerprint density at radius 1 is 1.28 bits per heavy atom. The summed E-state index contributed by atoms with van der Waals surface area (Å²) in [6.45, 7) is 3.66. The van der Waals surface area contributed by atoms with E-state index in [9.17, 15) is 18.0 Å². The summed E-state index contributed by atoms with van der Waals surface area (Å²) in [6.07, 6.45) is 0.489. The van der Waals surface area contributed by atoms with E-state index in [2.05, 4.69) is 4.74 Å². The van der Waals surface area contributed by atoms with Gasteiger partial charge in [0.15, 0.2) is 9.84 Å². The fourth-order valence-corrected chi connectivity index (χ4v) is 4.13. The van der Waals surface area contributed by atoms with Gasteiger partial charge in [0.25, 0.3) is 0 Å². The van der Waals surface area contributed by atoms with Crippen molar-refractivity contribution in [3.05, 3.63) is 30.3 Å². The zero-order valence-electron chi connectivity index (χ0n) is 14.6. The van der Waals surface area contributed by atoms with Crippen LogP contribution < -0.4 is 0 Å². The van der Waals surface area contributed by atoms with Crippen LogP contribution in [-0.4, -0.2) is 56.4 Å². The first kappa shape index (κ1) is 19.4. The third kappa shape index (κ3) is 4.58. The molecule has 0 spiro atoms. The van der Waals surface area contributed by atoms with Gasteiger partial charge in [0, 0.05) is 6.42 Å². The number of amides is 1. The molecule has 0 aromatic heterocycles. The SMILES string of the molecule is COC(=O)CC[C@H]1COC(C)(C)N1C(=O)CS(=O)(=O)c1ccccc1. The van der Waals surface area contributed by atoms with Crippen LogP contribution in [0.4, 0.5) is 0 Å². The van der Waals surface area contributed by atoms with Gasteiger partial charge in [0.05, 0.1) is 24.7 Å². The van der Waals surface area contributed by atoms with E-state index in [4.69, 9.17) is 4.74 Å². The Labute approximate surface area is 147 Å². The molecule has 7 nitrogen and oxygen atoms in total. The second-order valence-electron chi connectivity index (χ2n) is 6.36. The van der Waals surface area contributed by atoms with Crippen LogP contribution in [0.2, 0.25) is 0 Å². The van der Waals surface area contributed by atoms with E-state index in [0.717, 1.165) is 0 Å². The Balaban J connectivity index is 2.15. The number of benzene rings is 1. The normalized spacial score (nSPS) is 19.6. The molecule has 0 bridgehead atoms. The van der Waals surface area contributed by atoms with Gasteiger partial charge >= 0.3 is 5.97 Å². The topological polar surface area (TPSA) is 90.0 Å². The predicted octanol–water partition coefficient (Wildman–Crippen LogP) is 1.38. The van der Waals surface area contributed by atoms with Crippen LogP contribution in [0.25, 0.3) is 0 Å². The van der Waals surface area contributed by atoms with E-state index >= 15 is 0 Å². The van der Waals surface area contributed by atoms with Gasteiger partial charge < -0.3 is 14.4 Å². The summed E-state index contributed by atoms with van der Waals surface area (Å²) in [5.74, 6) is -1.56. The quantitative estimate of drug-likeness (QED) is 0.704. The molecule has 1 saturated heterocycles. The summed E-state index contributed by atoms with van der Waals surface area (Å²) in [6, 6.07) is 7.49. The highest BCUT2D eigenvalue weighted by molar-refractivity contribution is 7.92. The van der Waals surface area contributed by atoms with Crippen molar-refractivity contribution in [1.29, 1.82) is 0 Å². The fourth-order valence-electron chi connectivity index (χ4n) is 2.93. The minimum absolute atomic E-state index is 0.104. The molecule has 0 aliphatic carbocycles. The lowest BCUT2D eigenvalue weighted by Crippen LogP contribution is -2.50. The first-order chi connectivity index (χ1) is 11.7. The number of rotatable bonds is 6. The Morgan fingerprint density at radius 2 is 1.92 bits per heavy atom. The average molecular weight is 369 g/mol. The molecular weight excluding hydrogens is 346 g/mol. The van der Waals surface area contributed by atoms with E-state index in [0.29, 0.717) is 6.42 Å². The Kier molecular flexibility index (Phi) is 5.84. The fraction of sp³-hybridized carbons (Fsp3) is 0.529. The van der Waals surface area contributed by atoms with Crippen LogP contribution in [0, 0.1) is 0 Å². The Hall–Kier alpha value is -1.93. The second-order valence-corrected chi connectivity index (χ2v) is 8.35. The molecule has 1 amide bonds. The van der Waals surface area contributed by atoms with Crippen LogP contribution in [0.1, 0.15) is 26.7 Å². The highest BCUT2D eigenvalue weighted by Crippen LogP contribution is 2.30. The monoisotopic (exact) mass is 369 g/mol. The van der Waals surface area contributed by atoms with E-state index in [1.54, 1.807) is 32.0 Å². The van der Waals surface area contributed by atoms with Crippen LogP contribution in [0.5, 0.6) is 0 Å². The summed E-state index contributed by atoms with van der Waals surface area (Å²) in [5, 5.41) is 0. The number of sulfone groups is 1. The van der Waals surface area contributed by atoms with Gasteiger partial charge in [-0.1, -0.05) is 18.2 Å². The van der Waals surface area contributed by atoms with Gasteiger partial charge in [-0.2, -0.15) is 0 Å². The molecule has 1 aromatic rings. The van der Waals surface area contributed by atoms with E-state index < -0.39 is 27.2 Å². The van der Waals surface area contributed by atoms with Gasteiger partial charge in [-0.3, -0.25) is 9.59 Å². The number of hydrogen-bond donors (Lipinski definition) is 0. The van der Waals surface area contributed by atoms with Crippen molar-refractivity contribution in [3.63, 3.8) is 0 Å². The van der Waals surface area contributed by atoms with Crippen LogP contribution in [0.3, 0.4) is 0 Å². The molecule has 0 saturated carbocycles. The molecule has 2 rings (SSSR count). The van der Waals surface area contributed by atoms with Crippen molar-refractivity contribution >= 4 is 21.7 Å². The number of nitrogens with zero attached hydrogens (tertiary/aromatic N) is 1. The number of esters is 1. The van der Waals surface area contributed by atoms with E-state index in [-0.39, 0.29) is 29.9 Å². The molecule has 1 atom stereocenters. The Morgan fingerprint density at radius 3 is 2.52 bits per heavy atom. The zero-order chi connectivity index (χ0) is 18.7. The first-order valence-electron chi connectivity index (χ1n) is 7.98. The number of hydrogen-bond acceptors (Lipinski definition) is 6. The second kappa shape index (κ2) is 7.53. The number of methoxy groups -OCH3 is 1. The van der Waals surface area contributed by atoms with Crippen LogP contribution in [0.15, 0.2) is 35.2 Å². The molecule has 138 valence electrons. The molecule has 1 aliphatic rings. The van der Waals surface area contributed by atoms with Gasteiger partial charge in [0.2, 0.25) is 5.91 Å². The largest absolute Gasteiger partial charge is 0.469 e. The van der Waals surface area contributed by atoms with Gasteiger partial charge in [-0.25, -0.2) is 8.42 Å². The van der Waals surface area contributed by atoms with Gasteiger partial charge in [0.1, 0.15) is 11.5 Å². The van der Waals surface area contributed by atoms with Crippen LogP contribution >= 0.6 is 0 Å². The minimum Gasteiger partial charge on any atom is -0.469 e. The van der Waals surface area contributed by atoms with Crippen molar-refractivity contribution in [1.82, 2.24) is 4.90 Å². The first-order valence-corrected chi connectivity index (χ1v) is 9.63. The molecular formula is C17H23NO6S. The summed E-state index contributed by atoms with van der Waals surface area (Å²) < 4.78 is 35.2. The van der Waals surface area contributed by atoms with E-state index in [1.165, 1.54) is 24.1 Å². The molecule has 0 unspecified atom stereocenters. The minimum atomic E-state index is -3.74. The lowest BCUT2D eigenvalue weighted by atomic mass is 10.1. The third-order valence-corrected chi connectivity index (χ3v) is 5.79. The summed E-state index contributed by atoms with van der Waals surface area (Å²) in [5.41, 5.74) is -0.927. The summed E-state index contributed by atoms with van der Waals surface area (Å²) >= 11 is 0. The molecule has 1 heterocycles. The summed E-state index contributed by atoms with van der Waals surface area (Å²) in [7, 11) is -2.45. The van der Waals surface area contributed by atoms with Crippen molar-refractivity contribution in [2.45, 2.75) is 43.4 Å². The molecule has 8 heteroatoms. The molecule has 0 radical (unpaired) electrons. The highest BCUT2D eigenvalue weighted by Gasteiger charge is 2.44. The van der Waals surface area contributed by atoms with Crippen molar-refractivity contribution in [3.8, 4) is 0 Å². The third-order valence-electron chi connectivity index (χ3n) is 4.17. The Bertz CT molecular complexity index is 729. The van der Waals surface area contributed by atoms with E-state index in [1.807, 2.05) is 0 Å². The lowest BCUT2D eigenvalue weighted by molar-refractivity contribution is -0.145. The van der Waals surface area contributed by atoms with Crippen molar-refractivity contribution in [2.24, 2.45) is 0 Å². The van der Waals surface area contributed by atoms with Crippen LogP contribution in [-0.2, 0) is 28.9 Å². The van der Waals surface area contributed by atoms with Crippen molar-refractivity contribution < 1.29 is 27.5 Å².